The summed E-state index contributed by atoms with van der Waals surface area (Å²) in [5.41, 5.74) is 1.97. The Bertz CT molecular complexity index is 1310. The Morgan fingerprint density at radius 2 is 1.62 bits per heavy atom. The van der Waals surface area contributed by atoms with Crippen molar-refractivity contribution >= 4 is 28.1 Å². The first-order valence-corrected chi connectivity index (χ1v) is 11.0. The second-order valence-electron chi connectivity index (χ2n) is 7.94. The SMILES string of the molecule is O=c1c(Cl)c(N2CCN(Cc3c(O)ccc4ccccc34)CC2)cnn1-c1ccccc1. The number of para-hydroxylation sites is 1. The second kappa shape index (κ2) is 8.65. The number of piperazine rings is 1. The molecule has 0 spiro atoms. The number of halogens is 1. The van der Waals surface area contributed by atoms with Crippen molar-refractivity contribution in [1.82, 2.24) is 14.7 Å². The predicted octanol–water partition coefficient (Wildman–Crippen LogP) is 4.07. The van der Waals surface area contributed by atoms with Crippen LogP contribution < -0.4 is 10.5 Å². The van der Waals surface area contributed by atoms with E-state index in [0.29, 0.717) is 23.7 Å². The number of aromatic hydroxyl groups is 1. The maximum absolute atomic E-state index is 12.8. The summed E-state index contributed by atoms with van der Waals surface area (Å²) < 4.78 is 1.32. The lowest BCUT2D eigenvalue weighted by Gasteiger charge is -2.36. The van der Waals surface area contributed by atoms with Crippen molar-refractivity contribution in [2.24, 2.45) is 0 Å². The number of aromatic nitrogens is 2. The van der Waals surface area contributed by atoms with Gasteiger partial charge in [-0.1, -0.05) is 60.1 Å². The van der Waals surface area contributed by atoms with Gasteiger partial charge in [-0.2, -0.15) is 9.78 Å². The van der Waals surface area contributed by atoms with E-state index < -0.39 is 0 Å². The van der Waals surface area contributed by atoms with Gasteiger partial charge >= 0.3 is 0 Å². The van der Waals surface area contributed by atoms with Crippen molar-refractivity contribution in [3.8, 4) is 11.4 Å². The third-order valence-corrected chi connectivity index (χ3v) is 6.37. The summed E-state index contributed by atoms with van der Waals surface area (Å²) >= 11 is 6.47. The normalized spacial score (nSPS) is 14.7. The molecule has 1 fully saturated rings. The Morgan fingerprint density at radius 3 is 2.41 bits per heavy atom. The third kappa shape index (κ3) is 3.83. The molecular formula is C25H23ClN4O2. The fraction of sp³-hybridized carbons (Fsp3) is 0.200. The minimum atomic E-state index is -0.321. The van der Waals surface area contributed by atoms with E-state index in [-0.39, 0.29) is 10.6 Å². The summed E-state index contributed by atoms with van der Waals surface area (Å²) in [6, 6.07) is 21.1. The number of nitrogens with zero attached hydrogens (tertiary/aromatic N) is 4. The Balaban J connectivity index is 1.32. The standard InChI is InChI=1S/C25H23ClN4O2/c26-24-22(16-27-30(25(24)32)19-7-2-1-3-8-19)29-14-12-28(13-15-29)17-21-20-9-5-4-6-18(20)10-11-23(21)31/h1-11,16,31H,12-15,17H2. The molecule has 6 nitrogen and oxygen atoms in total. The Hall–Kier alpha value is -3.35. The summed E-state index contributed by atoms with van der Waals surface area (Å²) in [7, 11) is 0. The van der Waals surface area contributed by atoms with Crippen LogP contribution in [-0.4, -0.2) is 46.0 Å². The molecule has 0 atom stereocenters. The molecule has 2 heterocycles. The zero-order valence-corrected chi connectivity index (χ0v) is 18.2. The molecule has 1 aliphatic heterocycles. The number of hydrogen-bond acceptors (Lipinski definition) is 5. The fourth-order valence-corrected chi connectivity index (χ4v) is 4.51. The molecule has 0 radical (unpaired) electrons. The highest BCUT2D eigenvalue weighted by Gasteiger charge is 2.22. The number of fused-ring (bicyclic) bond motifs is 1. The van der Waals surface area contributed by atoms with Crippen molar-refractivity contribution in [3.05, 3.63) is 93.9 Å². The van der Waals surface area contributed by atoms with E-state index in [9.17, 15) is 9.90 Å². The molecule has 0 saturated carbocycles. The van der Waals surface area contributed by atoms with Crippen LogP contribution in [0, 0.1) is 0 Å². The van der Waals surface area contributed by atoms with E-state index in [2.05, 4.69) is 21.0 Å². The van der Waals surface area contributed by atoms with Crippen LogP contribution in [0.25, 0.3) is 16.5 Å². The van der Waals surface area contributed by atoms with Crippen LogP contribution >= 0.6 is 11.6 Å². The molecule has 4 aromatic rings. The highest BCUT2D eigenvalue weighted by Crippen LogP contribution is 2.29. The van der Waals surface area contributed by atoms with Crippen molar-refractivity contribution < 1.29 is 5.11 Å². The minimum Gasteiger partial charge on any atom is -0.508 e. The van der Waals surface area contributed by atoms with Crippen LogP contribution in [0.3, 0.4) is 0 Å². The van der Waals surface area contributed by atoms with Gasteiger partial charge in [0.2, 0.25) is 0 Å². The van der Waals surface area contributed by atoms with E-state index >= 15 is 0 Å². The van der Waals surface area contributed by atoms with E-state index in [1.54, 1.807) is 12.3 Å². The van der Waals surface area contributed by atoms with Crippen LogP contribution in [0.15, 0.2) is 77.7 Å². The molecule has 3 aromatic carbocycles. The number of phenolic OH excluding ortho intramolecular Hbond substituents is 1. The Labute approximate surface area is 190 Å². The molecule has 1 saturated heterocycles. The van der Waals surface area contributed by atoms with Gasteiger partial charge < -0.3 is 10.0 Å². The van der Waals surface area contributed by atoms with Gasteiger partial charge in [-0.15, -0.1) is 0 Å². The highest BCUT2D eigenvalue weighted by atomic mass is 35.5. The summed E-state index contributed by atoms with van der Waals surface area (Å²) in [5, 5.41) is 17.2. The van der Waals surface area contributed by atoms with Crippen LogP contribution in [0.2, 0.25) is 5.02 Å². The van der Waals surface area contributed by atoms with Gasteiger partial charge in [-0.25, -0.2) is 0 Å². The van der Waals surface area contributed by atoms with Crippen LogP contribution in [-0.2, 0) is 6.54 Å². The van der Waals surface area contributed by atoms with Gasteiger partial charge in [0.15, 0.2) is 0 Å². The molecule has 0 aliphatic carbocycles. The zero-order valence-electron chi connectivity index (χ0n) is 17.5. The molecule has 0 amide bonds. The summed E-state index contributed by atoms with van der Waals surface area (Å²) in [6.07, 6.45) is 1.67. The lowest BCUT2D eigenvalue weighted by atomic mass is 10.0. The molecule has 162 valence electrons. The quantitative estimate of drug-likeness (QED) is 0.512. The van der Waals surface area contributed by atoms with Crippen molar-refractivity contribution in [2.75, 3.05) is 31.1 Å². The summed E-state index contributed by atoms with van der Waals surface area (Å²) in [5.74, 6) is 0.322. The third-order valence-electron chi connectivity index (χ3n) is 6.01. The Morgan fingerprint density at radius 1 is 0.906 bits per heavy atom. The van der Waals surface area contributed by atoms with Gasteiger partial charge in [0.25, 0.3) is 5.56 Å². The fourth-order valence-electron chi connectivity index (χ4n) is 4.26. The lowest BCUT2D eigenvalue weighted by Crippen LogP contribution is -2.46. The van der Waals surface area contributed by atoms with E-state index in [0.717, 1.165) is 42.5 Å². The molecule has 32 heavy (non-hydrogen) atoms. The lowest BCUT2D eigenvalue weighted by molar-refractivity contribution is 0.247. The molecule has 1 aromatic heterocycles. The molecule has 5 rings (SSSR count). The van der Waals surface area contributed by atoms with Crippen molar-refractivity contribution in [2.45, 2.75) is 6.54 Å². The molecule has 7 heteroatoms. The van der Waals surface area contributed by atoms with Gasteiger partial charge in [-0.05, 0) is 29.0 Å². The first-order chi connectivity index (χ1) is 15.6. The summed E-state index contributed by atoms with van der Waals surface area (Å²) in [4.78, 5) is 17.2. The van der Waals surface area contributed by atoms with Crippen LogP contribution in [0.4, 0.5) is 5.69 Å². The Kier molecular flexibility index (Phi) is 5.55. The monoisotopic (exact) mass is 446 g/mol. The number of rotatable bonds is 4. The van der Waals surface area contributed by atoms with Crippen LogP contribution in [0.1, 0.15) is 5.56 Å². The van der Waals surface area contributed by atoms with Crippen molar-refractivity contribution in [3.63, 3.8) is 0 Å². The van der Waals surface area contributed by atoms with Gasteiger partial charge in [-0.3, -0.25) is 9.69 Å². The topological polar surface area (TPSA) is 61.6 Å². The van der Waals surface area contributed by atoms with E-state index in [1.807, 2.05) is 54.6 Å². The second-order valence-corrected chi connectivity index (χ2v) is 8.32. The predicted molar refractivity (Wildman–Crippen MR) is 128 cm³/mol. The number of benzene rings is 3. The van der Waals surface area contributed by atoms with E-state index in [1.165, 1.54) is 4.68 Å². The van der Waals surface area contributed by atoms with Gasteiger partial charge in [0.05, 0.1) is 17.6 Å². The average molecular weight is 447 g/mol. The largest absolute Gasteiger partial charge is 0.508 e. The number of phenols is 1. The molecule has 0 bridgehead atoms. The summed E-state index contributed by atoms with van der Waals surface area (Å²) in [6.45, 7) is 3.70. The van der Waals surface area contributed by atoms with E-state index in [4.69, 9.17) is 11.6 Å². The molecular weight excluding hydrogens is 424 g/mol. The highest BCUT2D eigenvalue weighted by molar-refractivity contribution is 6.33. The van der Waals surface area contributed by atoms with Crippen LogP contribution in [0.5, 0.6) is 5.75 Å². The number of hydrogen-bond donors (Lipinski definition) is 1. The maximum Gasteiger partial charge on any atom is 0.292 e. The molecule has 0 unspecified atom stereocenters. The smallest absolute Gasteiger partial charge is 0.292 e. The minimum absolute atomic E-state index is 0.184. The maximum atomic E-state index is 12.8. The van der Waals surface area contributed by atoms with Crippen molar-refractivity contribution in [1.29, 1.82) is 0 Å². The number of anilines is 1. The van der Waals surface area contributed by atoms with Gasteiger partial charge in [0, 0.05) is 38.3 Å². The average Bonchev–Trinajstić information content (AvgIpc) is 2.84. The van der Waals surface area contributed by atoms with Gasteiger partial charge in [0.1, 0.15) is 10.8 Å². The first kappa shape index (κ1) is 20.5. The molecule has 1 aliphatic rings. The first-order valence-electron chi connectivity index (χ1n) is 10.6. The molecule has 1 N–H and O–H groups in total. The zero-order chi connectivity index (χ0) is 22.1.